The van der Waals surface area contributed by atoms with Gasteiger partial charge in [-0.05, 0) is 38.5 Å². The van der Waals surface area contributed by atoms with Crippen molar-refractivity contribution in [3.63, 3.8) is 0 Å². The molecule has 0 N–H and O–H groups in total. The smallest absolute Gasteiger partial charge is 0.245 e. The van der Waals surface area contributed by atoms with Gasteiger partial charge in [0.05, 0.1) is 26.3 Å². The van der Waals surface area contributed by atoms with E-state index >= 15 is 0 Å². The van der Waals surface area contributed by atoms with E-state index in [4.69, 9.17) is 9.47 Å². The Hall–Kier alpha value is -1.08. The third kappa shape index (κ3) is 17.4. The molecule has 0 atom stereocenters. The SMILES string of the molecule is CCCCCCCCn1cc[n+](COCCCCOC[n+]2ccn(CCCCCCCC)c2)c1.[Cl-].[Cl-]. The highest BCUT2D eigenvalue weighted by Gasteiger charge is 2.05. The van der Waals surface area contributed by atoms with E-state index in [0.29, 0.717) is 13.5 Å². The summed E-state index contributed by atoms with van der Waals surface area (Å²) >= 11 is 0. The molecule has 210 valence electrons. The van der Waals surface area contributed by atoms with Gasteiger partial charge in [0.2, 0.25) is 12.7 Å². The zero-order valence-corrected chi connectivity index (χ0v) is 24.5. The second kappa shape index (κ2) is 24.3. The molecule has 0 saturated carbocycles. The van der Waals surface area contributed by atoms with E-state index in [0.717, 1.165) is 39.1 Å². The van der Waals surface area contributed by atoms with E-state index in [1.54, 1.807) is 0 Å². The Morgan fingerprint density at radius 1 is 0.528 bits per heavy atom. The number of hydrogen-bond acceptors (Lipinski definition) is 2. The van der Waals surface area contributed by atoms with E-state index in [2.05, 4.69) is 69.6 Å². The zero-order valence-electron chi connectivity index (χ0n) is 23.0. The van der Waals surface area contributed by atoms with Crippen LogP contribution in [-0.2, 0) is 36.0 Å². The van der Waals surface area contributed by atoms with Crippen LogP contribution >= 0.6 is 0 Å². The highest BCUT2D eigenvalue weighted by atomic mass is 35.5. The van der Waals surface area contributed by atoms with E-state index in [-0.39, 0.29) is 24.8 Å². The van der Waals surface area contributed by atoms with Crippen LogP contribution in [0.15, 0.2) is 37.4 Å². The van der Waals surface area contributed by atoms with Crippen molar-refractivity contribution in [1.82, 2.24) is 9.13 Å². The van der Waals surface area contributed by atoms with Crippen molar-refractivity contribution < 1.29 is 43.4 Å². The normalized spacial score (nSPS) is 10.8. The number of aromatic nitrogens is 4. The largest absolute Gasteiger partial charge is 1.00 e. The van der Waals surface area contributed by atoms with Gasteiger partial charge in [-0.15, -0.1) is 0 Å². The molecule has 2 heterocycles. The van der Waals surface area contributed by atoms with Crippen LogP contribution in [0.5, 0.6) is 0 Å². The summed E-state index contributed by atoms with van der Waals surface area (Å²) in [5, 5.41) is 0. The highest BCUT2D eigenvalue weighted by molar-refractivity contribution is 4.66. The molecule has 0 fully saturated rings. The van der Waals surface area contributed by atoms with Gasteiger partial charge in [0.25, 0.3) is 0 Å². The first-order chi connectivity index (χ1) is 16.8. The van der Waals surface area contributed by atoms with Gasteiger partial charge in [0.1, 0.15) is 24.8 Å². The summed E-state index contributed by atoms with van der Waals surface area (Å²) in [6.07, 6.45) is 31.0. The molecule has 0 amide bonds. The number of halogens is 2. The standard InChI is InChI=1S/C28H52N4O2.2ClH/c1-3-5-7-9-11-13-17-29-19-21-31(25-29)27-33-23-15-16-24-34-28-32-22-20-30(26-32)18-14-12-10-8-6-4-2;;/h19-22,25-26H,3-18,23-24,27-28H2,1-2H3;2*1H/q+2;;/p-2. The van der Waals surface area contributed by atoms with Gasteiger partial charge in [-0.25, -0.2) is 18.3 Å². The average Bonchev–Trinajstić information content (AvgIpc) is 3.49. The number of imidazole rings is 2. The second-order valence-electron chi connectivity index (χ2n) is 9.65. The lowest BCUT2D eigenvalue weighted by Crippen LogP contribution is -3.00. The summed E-state index contributed by atoms with van der Waals surface area (Å²) in [5.74, 6) is 0. The van der Waals surface area contributed by atoms with Gasteiger partial charge < -0.3 is 34.3 Å². The van der Waals surface area contributed by atoms with E-state index in [1.165, 1.54) is 77.0 Å². The first kappa shape index (κ1) is 34.9. The Bertz CT molecular complexity index is 664. The number of hydrogen-bond donors (Lipinski definition) is 0. The van der Waals surface area contributed by atoms with Crippen molar-refractivity contribution in [2.45, 2.75) is 130 Å². The Morgan fingerprint density at radius 3 is 1.33 bits per heavy atom. The van der Waals surface area contributed by atoms with Crippen LogP contribution in [0.4, 0.5) is 0 Å². The minimum absolute atomic E-state index is 0. The van der Waals surface area contributed by atoms with E-state index in [9.17, 15) is 0 Å². The van der Waals surface area contributed by atoms with Crippen molar-refractivity contribution in [3.8, 4) is 0 Å². The van der Waals surface area contributed by atoms with Crippen molar-refractivity contribution in [3.05, 3.63) is 37.4 Å². The molecular weight excluding hydrogens is 495 g/mol. The predicted octanol–water partition coefficient (Wildman–Crippen LogP) is 0.0222. The van der Waals surface area contributed by atoms with Gasteiger partial charge in [0, 0.05) is 0 Å². The van der Waals surface area contributed by atoms with Gasteiger partial charge >= 0.3 is 0 Å². The van der Waals surface area contributed by atoms with E-state index < -0.39 is 0 Å². The minimum Gasteiger partial charge on any atom is -1.00 e. The third-order valence-corrected chi connectivity index (χ3v) is 6.34. The van der Waals surface area contributed by atoms with Crippen molar-refractivity contribution in [2.75, 3.05) is 13.2 Å². The van der Waals surface area contributed by atoms with Crippen LogP contribution in [0.3, 0.4) is 0 Å². The monoisotopic (exact) mass is 546 g/mol. The quantitative estimate of drug-likeness (QED) is 0.145. The fourth-order valence-corrected chi connectivity index (χ4v) is 4.19. The predicted molar refractivity (Wildman–Crippen MR) is 137 cm³/mol. The molecule has 0 radical (unpaired) electrons. The molecule has 0 aliphatic rings. The molecule has 0 bridgehead atoms. The molecular formula is C28H52Cl2N4O2. The van der Waals surface area contributed by atoms with Crippen molar-refractivity contribution in [2.24, 2.45) is 0 Å². The molecule has 6 nitrogen and oxygen atoms in total. The number of aryl methyl sites for hydroxylation is 2. The topological polar surface area (TPSA) is 36.1 Å². The highest BCUT2D eigenvalue weighted by Crippen LogP contribution is 2.07. The average molecular weight is 548 g/mol. The Balaban J connectivity index is 0.00000612. The summed E-state index contributed by atoms with van der Waals surface area (Å²) in [5.41, 5.74) is 0. The maximum Gasteiger partial charge on any atom is 0.245 e. The molecule has 8 heteroatoms. The fraction of sp³-hybridized carbons (Fsp3) is 0.786. The molecule has 0 spiro atoms. The maximum atomic E-state index is 5.82. The second-order valence-corrected chi connectivity index (χ2v) is 9.65. The zero-order chi connectivity index (χ0) is 24.1. The molecule has 0 aromatic carbocycles. The van der Waals surface area contributed by atoms with Crippen LogP contribution in [0.25, 0.3) is 0 Å². The Kier molecular flexibility index (Phi) is 23.5. The summed E-state index contributed by atoms with van der Waals surface area (Å²) in [7, 11) is 0. The van der Waals surface area contributed by atoms with Crippen LogP contribution in [0.1, 0.15) is 104 Å². The lowest BCUT2D eigenvalue weighted by atomic mass is 10.1. The summed E-state index contributed by atoms with van der Waals surface area (Å²) < 4.78 is 20.4. The van der Waals surface area contributed by atoms with Crippen LogP contribution in [-0.4, -0.2) is 22.3 Å². The fourth-order valence-electron chi connectivity index (χ4n) is 4.19. The molecule has 0 aliphatic heterocycles. The molecule has 2 rings (SSSR count). The lowest BCUT2D eigenvalue weighted by Gasteiger charge is -2.03. The minimum atomic E-state index is 0. The lowest BCUT2D eigenvalue weighted by molar-refractivity contribution is -0.733. The van der Waals surface area contributed by atoms with Crippen LogP contribution in [0.2, 0.25) is 0 Å². The maximum absolute atomic E-state index is 5.82. The Labute approximate surface area is 233 Å². The molecule has 2 aromatic rings. The number of ether oxygens (including phenoxy) is 2. The van der Waals surface area contributed by atoms with Gasteiger partial charge in [0.15, 0.2) is 13.5 Å². The van der Waals surface area contributed by atoms with Gasteiger partial charge in [-0.1, -0.05) is 65.2 Å². The van der Waals surface area contributed by atoms with Gasteiger partial charge in [-0.3, -0.25) is 0 Å². The molecule has 36 heavy (non-hydrogen) atoms. The van der Waals surface area contributed by atoms with Crippen LogP contribution < -0.4 is 33.9 Å². The Morgan fingerprint density at radius 2 is 0.917 bits per heavy atom. The summed E-state index contributed by atoms with van der Waals surface area (Å²) in [6.45, 7) is 9.57. The third-order valence-electron chi connectivity index (χ3n) is 6.34. The van der Waals surface area contributed by atoms with E-state index in [1.807, 2.05) is 0 Å². The van der Waals surface area contributed by atoms with Crippen molar-refractivity contribution >= 4 is 0 Å². The first-order valence-electron chi connectivity index (χ1n) is 14.1. The summed E-state index contributed by atoms with van der Waals surface area (Å²) in [4.78, 5) is 0. The first-order valence-corrected chi connectivity index (χ1v) is 14.1. The number of nitrogens with zero attached hydrogens (tertiary/aromatic N) is 4. The summed E-state index contributed by atoms with van der Waals surface area (Å²) in [6, 6.07) is 0. The molecule has 2 aromatic heterocycles. The molecule has 0 unspecified atom stereocenters. The van der Waals surface area contributed by atoms with Crippen LogP contribution in [0, 0.1) is 0 Å². The van der Waals surface area contributed by atoms with Crippen molar-refractivity contribution in [1.29, 1.82) is 0 Å². The molecule has 0 aliphatic carbocycles. The number of rotatable bonds is 23. The molecule has 0 saturated heterocycles. The van der Waals surface area contributed by atoms with Gasteiger partial charge in [-0.2, -0.15) is 0 Å². The number of unbranched alkanes of at least 4 members (excludes halogenated alkanes) is 11.